The summed E-state index contributed by atoms with van der Waals surface area (Å²) in [4.78, 5) is 8.36. The van der Waals surface area contributed by atoms with Crippen molar-refractivity contribution in [1.29, 1.82) is 0 Å². The number of sulfonamides is 1. The van der Waals surface area contributed by atoms with Gasteiger partial charge < -0.3 is 0 Å². The monoisotopic (exact) mass is 321 g/mol. The average molecular weight is 321 g/mol. The molecular formula is C14H19N5O2S. The molecule has 8 heteroatoms. The molecule has 0 aliphatic rings. The molecule has 0 aliphatic carbocycles. The first-order valence-corrected chi connectivity index (χ1v) is 8.19. The van der Waals surface area contributed by atoms with Gasteiger partial charge in [0, 0.05) is 24.5 Å². The molecule has 0 bridgehead atoms. The largest absolute Gasteiger partial charge is 0.284 e. The third-order valence-electron chi connectivity index (χ3n) is 3.48. The van der Waals surface area contributed by atoms with Crippen LogP contribution in [0.4, 0.5) is 0 Å². The molecule has 2 heterocycles. The maximum absolute atomic E-state index is 12.6. The molecule has 0 spiro atoms. The van der Waals surface area contributed by atoms with Crippen LogP contribution in [0.5, 0.6) is 0 Å². The van der Waals surface area contributed by atoms with Gasteiger partial charge in [0.25, 0.3) is 21.0 Å². The van der Waals surface area contributed by atoms with Crippen molar-refractivity contribution in [2.45, 2.75) is 25.9 Å². The Bertz CT molecular complexity index is 829. The fourth-order valence-electron chi connectivity index (χ4n) is 2.02. The van der Waals surface area contributed by atoms with Gasteiger partial charge in [-0.25, -0.2) is 13.4 Å². The molecule has 0 fully saturated rings. The molecule has 0 N–H and O–H groups in total. The van der Waals surface area contributed by atoms with Crippen molar-refractivity contribution in [3.8, 4) is 0 Å². The van der Waals surface area contributed by atoms with Gasteiger partial charge in [-0.05, 0) is 26.3 Å². The Kier molecular flexibility index (Phi) is 4.43. The van der Waals surface area contributed by atoms with Gasteiger partial charge in [0.2, 0.25) is 0 Å². The molecule has 118 valence electrons. The van der Waals surface area contributed by atoms with Gasteiger partial charge in [0.1, 0.15) is 0 Å². The van der Waals surface area contributed by atoms with E-state index < -0.39 is 10.0 Å². The molecule has 0 saturated carbocycles. The van der Waals surface area contributed by atoms with Crippen molar-refractivity contribution in [2.75, 3.05) is 13.1 Å². The first-order valence-electron chi connectivity index (χ1n) is 6.75. The normalized spacial score (nSPS) is 12.0. The molecule has 0 unspecified atom stereocenters. The minimum absolute atomic E-state index is 0.161. The Morgan fingerprint density at radius 1 is 1.14 bits per heavy atom. The standard InChI is InChI=1S/C14H19N5O2S/c1-6-8-18(9-7-2)22(20,21)14-16-13-15-11(4)10(3)12(5)19(13)17-14/h6-7H,1-2,8-9H2,3-5H3. The summed E-state index contributed by atoms with van der Waals surface area (Å²) in [5, 5.41) is 3.85. The van der Waals surface area contributed by atoms with E-state index >= 15 is 0 Å². The van der Waals surface area contributed by atoms with Gasteiger partial charge in [-0.2, -0.15) is 13.8 Å². The van der Waals surface area contributed by atoms with Crippen LogP contribution in [0, 0.1) is 20.8 Å². The highest BCUT2D eigenvalue weighted by molar-refractivity contribution is 7.89. The van der Waals surface area contributed by atoms with Gasteiger partial charge >= 0.3 is 0 Å². The number of aromatic nitrogens is 4. The van der Waals surface area contributed by atoms with E-state index in [0.717, 1.165) is 17.0 Å². The zero-order chi connectivity index (χ0) is 16.5. The molecule has 7 nitrogen and oxygen atoms in total. The molecule has 2 rings (SSSR count). The molecule has 0 aliphatic heterocycles. The highest BCUT2D eigenvalue weighted by Crippen LogP contribution is 2.16. The number of nitrogens with zero attached hydrogens (tertiary/aromatic N) is 5. The number of fused-ring (bicyclic) bond motifs is 1. The lowest BCUT2D eigenvalue weighted by molar-refractivity contribution is 0.467. The van der Waals surface area contributed by atoms with E-state index in [0.29, 0.717) is 0 Å². The van der Waals surface area contributed by atoms with Gasteiger partial charge in [-0.1, -0.05) is 12.2 Å². The van der Waals surface area contributed by atoms with Crippen molar-refractivity contribution in [1.82, 2.24) is 23.9 Å². The predicted molar refractivity (Wildman–Crippen MR) is 84.1 cm³/mol. The van der Waals surface area contributed by atoms with Gasteiger partial charge in [0.05, 0.1) is 0 Å². The fourth-order valence-corrected chi connectivity index (χ4v) is 3.24. The summed E-state index contributed by atoms with van der Waals surface area (Å²) in [6.45, 7) is 13.1. The summed E-state index contributed by atoms with van der Waals surface area (Å²) < 4.78 is 27.9. The van der Waals surface area contributed by atoms with Crippen molar-refractivity contribution >= 4 is 15.8 Å². The third kappa shape index (κ3) is 2.67. The summed E-state index contributed by atoms with van der Waals surface area (Å²) in [6, 6.07) is 0. The molecule has 0 amide bonds. The second kappa shape index (κ2) is 5.98. The first kappa shape index (κ1) is 16.3. The zero-order valence-corrected chi connectivity index (χ0v) is 13.8. The summed E-state index contributed by atoms with van der Waals surface area (Å²) >= 11 is 0. The van der Waals surface area contributed by atoms with Gasteiger partial charge in [-0.15, -0.1) is 18.3 Å². The van der Waals surface area contributed by atoms with E-state index in [1.54, 1.807) is 0 Å². The zero-order valence-electron chi connectivity index (χ0n) is 12.9. The van der Waals surface area contributed by atoms with Crippen LogP contribution in [0.2, 0.25) is 0 Å². The molecule has 0 saturated heterocycles. The maximum atomic E-state index is 12.6. The molecular weight excluding hydrogens is 302 g/mol. The SMILES string of the molecule is C=CCN(CC=C)S(=O)(=O)c1nc2nc(C)c(C)c(C)n2n1. The maximum Gasteiger partial charge on any atom is 0.284 e. The van der Waals surface area contributed by atoms with E-state index in [2.05, 4.69) is 28.2 Å². The quantitative estimate of drug-likeness (QED) is 0.752. The lowest BCUT2D eigenvalue weighted by Gasteiger charge is -2.16. The predicted octanol–water partition coefficient (Wildman–Crippen LogP) is 1.41. The molecule has 0 atom stereocenters. The molecule has 0 radical (unpaired) electrons. The number of hydrogen-bond acceptors (Lipinski definition) is 5. The molecule has 0 aromatic carbocycles. The van der Waals surface area contributed by atoms with E-state index in [1.807, 2.05) is 20.8 Å². The highest BCUT2D eigenvalue weighted by Gasteiger charge is 2.28. The molecule has 2 aromatic rings. The number of aryl methyl sites for hydroxylation is 2. The Hall–Kier alpha value is -2.06. The van der Waals surface area contributed by atoms with Crippen LogP contribution >= 0.6 is 0 Å². The van der Waals surface area contributed by atoms with Gasteiger partial charge in [-0.3, -0.25) is 0 Å². The molecule has 2 aromatic heterocycles. The second-order valence-electron chi connectivity index (χ2n) is 4.91. The Balaban J connectivity index is 2.61. The van der Waals surface area contributed by atoms with Crippen LogP contribution in [0.3, 0.4) is 0 Å². The number of rotatable bonds is 6. The highest BCUT2D eigenvalue weighted by atomic mass is 32.2. The topological polar surface area (TPSA) is 80.5 Å². The van der Waals surface area contributed by atoms with Crippen LogP contribution in [0.1, 0.15) is 17.0 Å². The summed E-state index contributed by atoms with van der Waals surface area (Å²) in [7, 11) is -3.82. The Morgan fingerprint density at radius 3 is 2.27 bits per heavy atom. The van der Waals surface area contributed by atoms with Crippen LogP contribution in [0.15, 0.2) is 30.5 Å². The minimum Gasteiger partial charge on any atom is -0.216 e. The summed E-state index contributed by atoms with van der Waals surface area (Å²) in [5.41, 5.74) is 2.57. The summed E-state index contributed by atoms with van der Waals surface area (Å²) in [6.07, 6.45) is 3.02. The Morgan fingerprint density at radius 2 is 1.73 bits per heavy atom. The van der Waals surface area contributed by atoms with Crippen LogP contribution in [-0.2, 0) is 10.0 Å². The summed E-state index contributed by atoms with van der Waals surface area (Å²) in [5.74, 6) is 0.274. The van der Waals surface area contributed by atoms with E-state index in [9.17, 15) is 8.42 Å². The lowest BCUT2D eigenvalue weighted by Crippen LogP contribution is -2.32. The Labute approximate surface area is 130 Å². The number of hydrogen-bond donors (Lipinski definition) is 0. The second-order valence-corrected chi connectivity index (χ2v) is 6.74. The lowest BCUT2D eigenvalue weighted by atomic mass is 10.2. The third-order valence-corrected chi connectivity index (χ3v) is 5.09. The van der Waals surface area contributed by atoms with Crippen molar-refractivity contribution < 1.29 is 8.42 Å². The van der Waals surface area contributed by atoms with Crippen molar-refractivity contribution in [3.05, 3.63) is 42.3 Å². The first-order chi connectivity index (χ1) is 10.3. The minimum atomic E-state index is -3.82. The van der Waals surface area contributed by atoms with Gasteiger partial charge in [0.15, 0.2) is 0 Å². The average Bonchev–Trinajstić information content (AvgIpc) is 2.89. The fraction of sp³-hybridized carbons (Fsp3) is 0.357. The van der Waals surface area contributed by atoms with E-state index in [1.165, 1.54) is 21.0 Å². The molecule has 22 heavy (non-hydrogen) atoms. The van der Waals surface area contributed by atoms with E-state index in [4.69, 9.17) is 0 Å². The smallest absolute Gasteiger partial charge is 0.216 e. The van der Waals surface area contributed by atoms with Crippen molar-refractivity contribution in [2.24, 2.45) is 0 Å². The van der Waals surface area contributed by atoms with Crippen molar-refractivity contribution in [3.63, 3.8) is 0 Å². The van der Waals surface area contributed by atoms with Crippen LogP contribution in [-0.4, -0.2) is 45.4 Å². The van der Waals surface area contributed by atoms with E-state index in [-0.39, 0.29) is 24.0 Å². The van der Waals surface area contributed by atoms with Crippen LogP contribution < -0.4 is 0 Å². The van der Waals surface area contributed by atoms with Crippen LogP contribution in [0.25, 0.3) is 5.78 Å².